The van der Waals surface area contributed by atoms with Crippen molar-refractivity contribution in [3.05, 3.63) is 0 Å². The van der Waals surface area contributed by atoms with E-state index >= 15 is 0 Å². The van der Waals surface area contributed by atoms with Crippen LogP contribution in [-0.2, 0) is 24.4 Å². The number of carboxylic acid groups (broad SMARTS) is 2. The number of carboxylic acids is 2. The van der Waals surface area contributed by atoms with Crippen molar-refractivity contribution in [1.82, 2.24) is 0 Å². The normalized spacial score (nSPS) is 14.6. The van der Waals surface area contributed by atoms with E-state index in [-0.39, 0.29) is 19.4 Å². The molecule has 0 aliphatic rings. The Morgan fingerprint density at radius 1 is 1.38 bits per heavy atom. The van der Waals surface area contributed by atoms with E-state index in [2.05, 4.69) is 4.36 Å². The molecule has 0 aliphatic heterocycles. The van der Waals surface area contributed by atoms with Gasteiger partial charge in [0.1, 0.15) is 0 Å². The molecule has 0 aliphatic carbocycles. The Labute approximate surface area is 95.9 Å². The lowest BCUT2D eigenvalue weighted by atomic mass is 10.0. The van der Waals surface area contributed by atoms with Gasteiger partial charge < -0.3 is 18.8 Å². The van der Waals surface area contributed by atoms with Crippen LogP contribution < -0.4 is 0 Å². The molecule has 0 aromatic rings. The first-order chi connectivity index (χ1) is 7.47. The second-order valence-electron chi connectivity index (χ2n) is 3.30. The lowest BCUT2D eigenvalue weighted by Crippen LogP contribution is -2.18. The van der Waals surface area contributed by atoms with Gasteiger partial charge in [0.05, 0.1) is 5.92 Å². The largest absolute Gasteiger partial charge is 0.481 e. The van der Waals surface area contributed by atoms with Gasteiger partial charge in [-0.3, -0.25) is 9.59 Å². The van der Waals surface area contributed by atoms with Crippen molar-refractivity contribution >= 4 is 22.5 Å². The first kappa shape index (κ1) is 14.9. The summed E-state index contributed by atoms with van der Waals surface area (Å²) < 4.78 is 14.9. The first-order valence-electron chi connectivity index (χ1n) is 4.98. The van der Waals surface area contributed by atoms with Gasteiger partial charge >= 0.3 is 11.9 Å². The predicted octanol–water partition coefficient (Wildman–Crippen LogP) is 1.11. The van der Waals surface area contributed by atoms with Crippen LogP contribution in [0, 0.1) is 5.92 Å². The Morgan fingerprint density at radius 2 is 2.00 bits per heavy atom. The molecule has 94 valence electrons. The van der Waals surface area contributed by atoms with Crippen LogP contribution in [0.5, 0.6) is 0 Å². The standard InChI is InChI=1S/C9H16NO5S/c1-2-5-16(15)10-6-7(9(13)14)3-4-8(11)12/h7H,2-6H2,1H3,(H,11,12)(H,13,14)/q-1. The van der Waals surface area contributed by atoms with Gasteiger partial charge in [0, 0.05) is 13.0 Å². The smallest absolute Gasteiger partial charge is 0.308 e. The van der Waals surface area contributed by atoms with Crippen LogP contribution in [0.25, 0.3) is 0 Å². The molecule has 1 unspecified atom stereocenters. The molecule has 0 aromatic carbocycles. The van der Waals surface area contributed by atoms with Gasteiger partial charge in [-0.15, -0.1) is 0 Å². The number of hydrogen-bond acceptors (Lipinski definition) is 5. The summed E-state index contributed by atoms with van der Waals surface area (Å²) in [4.78, 5) is 21.0. The van der Waals surface area contributed by atoms with Crippen LogP contribution in [0.2, 0.25) is 0 Å². The summed E-state index contributed by atoms with van der Waals surface area (Å²) in [5, 5.41) is 17.2. The minimum absolute atomic E-state index is 0.0114. The van der Waals surface area contributed by atoms with Gasteiger partial charge in [-0.05, 0) is 6.42 Å². The van der Waals surface area contributed by atoms with E-state index in [1.54, 1.807) is 0 Å². The lowest BCUT2D eigenvalue weighted by Gasteiger charge is -2.10. The molecule has 0 heterocycles. The zero-order chi connectivity index (χ0) is 12.6. The molecule has 2 N–H and O–H groups in total. The third-order valence-corrected chi connectivity index (χ3v) is 3.07. The van der Waals surface area contributed by atoms with Gasteiger partial charge in [-0.1, -0.05) is 19.1 Å². The summed E-state index contributed by atoms with van der Waals surface area (Å²) in [5.41, 5.74) is 0. The van der Waals surface area contributed by atoms with Crippen molar-refractivity contribution in [3.63, 3.8) is 0 Å². The van der Waals surface area contributed by atoms with E-state index in [0.717, 1.165) is 0 Å². The molecule has 0 spiro atoms. The summed E-state index contributed by atoms with van der Waals surface area (Å²) in [6.07, 6.45) is 0.507. The zero-order valence-corrected chi connectivity index (χ0v) is 9.90. The number of aliphatic carboxylic acids is 2. The predicted molar refractivity (Wildman–Crippen MR) is 58.5 cm³/mol. The molecular weight excluding hydrogens is 234 g/mol. The van der Waals surface area contributed by atoms with Gasteiger partial charge in [0.2, 0.25) is 0 Å². The molecule has 0 rings (SSSR count). The van der Waals surface area contributed by atoms with E-state index in [1.165, 1.54) is 0 Å². The SMILES string of the molecule is CCC[S-](=O)=NCC(CCC(=O)O)C(=O)O. The molecular formula is C9H16NO5S-. The summed E-state index contributed by atoms with van der Waals surface area (Å²) in [5.74, 6) is -2.60. The van der Waals surface area contributed by atoms with Crippen molar-refractivity contribution in [2.45, 2.75) is 26.2 Å². The van der Waals surface area contributed by atoms with Crippen molar-refractivity contribution in [2.75, 3.05) is 12.3 Å². The van der Waals surface area contributed by atoms with E-state index in [9.17, 15) is 13.8 Å². The van der Waals surface area contributed by atoms with Crippen LogP contribution in [-0.4, -0.2) is 34.4 Å². The zero-order valence-electron chi connectivity index (χ0n) is 9.09. The Balaban J connectivity index is 4.24. The van der Waals surface area contributed by atoms with Crippen LogP contribution >= 0.6 is 0 Å². The molecule has 0 aromatic heterocycles. The number of carbonyl (C=O) groups is 2. The second kappa shape index (κ2) is 8.09. The van der Waals surface area contributed by atoms with Gasteiger partial charge in [-0.25, -0.2) is 0 Å². The van der Waals surface area contributed by atoms with Crippen LogP contribution in [0.1, 0.15) is 26.2 Å². The number of hydrogen-bond donors (Lipinski definition) is 2. The minimum Gasteiger partial charge on any atom is -0.481 e. The molecule has 1 atom stereocenters. The Hall–Kier alpha value is -1.11. The molecule has 0 bridgehead atoms. The summed E-state index contributed by atoms with van der Waals surface area (Å²) in [6.45, 7) is 1.77. The van der Waals surface area contributed by atoms with Crippen molar-refractivity contribution in [3.8, 4) is 0 Å². The highest BCUT2D eigenvalue weighted by Gasteiger charge is 2.16. The van der Waals surface area contributed by atoms with E-state index in [1.807, 2.05) is 6.92 Å². The number of rotatable bonds is 8. The topological polar surface area (TPSA) is 104 Å². The average Bonchev–Trinajstić information content (AvgIpc) is 2.17. The van der Waals surface area contributed by atoms with Crippen molar-refractivity contribution < 1.29 is 24.0 Å². The Bertz CT molecular complexity index is 322. The summed E-state index contributed by atoms with van der Waals surface area (Å²) in [7, 11) is -1.36. The number of nitrogens with zero attached hydrogens (tertiary/aromatic N) is 1. The van der Waals surface area contributed by atoms with E-state index < -0.39 is 28.5 Å². The molecule has 16 heavy (non-hydrogen) atoms. The molecule has 0 amide bonds. The van der Waals surface area contributed by atoms with Crippen LogP contribution in [0.4, 0.5) is 0 Å². The maximum Gasteiger partial charge on any atom is 0.308 e. The highest BCUT2D eigenvalue weighted by Crippen LogP contribution is 2.08. The fourth-order valence-corrected chi connectivity index (χ4v) is 1.83. The van der Waals surface area contributed by atoms with Crippen molar-refractivity contribution in [2.24, 2.45) is 10.3 Å². The second-order valence-corrected chi connectivity index (χ2v) is 4.61. The molecule has 0 fully saturated rings. The molecule has 6 nitrogen and oxygen atoms in total. The van der Waals surface area contributed by atoms with Gasteiger partial charge in [0.15, 0.2) is 0 Å². The van der Waals surface area contributed by atoms with Crippen LogP contribution in [0.3, 0.4) is 0 Å². The van der Waals surface area contributed by atoms with E-state index in [0.29, 0.717) is 12.2 Å². The van der Waals surface area contributed by atoms with Gasteiger partial charge in [-0.2, -0.15) is 10.6 Å². The maximum absolute atomic E-state index is 11.1. The molecule has 7 heteroatoms. The fourth-order valence-electron chi connectivity index (χ4n) is 1.00. The monoisotopic (exact) mass is 250 g/mol. The maximum atomic E-state index is 11.1. The Kier molecular flexibility index (Phi) is 7.53. The Morgan fingerprint density at radius 3 is 2.44 bits per heavy atom. The highest BCUT2D eigenvalue weighted by molar-refractivity contribution is 7.74. The van der Waals surface area contributed by atoms with Crippen LogP contribution in [0.15, 0.2) is 4.36 Å². The summed E-state index contributed by atoms with van der Waals surface area (Å²) >= 11 is 0. The van der Waals surface area contributed by atoms with E-state index in [4.69, 9.17) is 10.2 Å². The lowest BCUT2D eigenvalue weighted by molar-refractivity contribution is -0.142. The third-order valence-electron chi connectivity index (χ3n) is 1.87. The first-order valence-corrected chi connectivity index (χ1v) is 6.25. The molecule has 0 saturated heterocycles. The quantitative estimate of drug-likeness (QED) is 0.628. The van der Waals surface area contributed by atoms with Crippen molar-refractivity contribution in [1.29, 1.82) is 0 Å². The highest BCUT2D eigenvalue weighted by atomic mass is 32.2. The fraction of sp³-hybridized carbons (Fsp3) is 0.778. The minimum atomic E-state index is -1.36. The van der Waals surface area contributed by atoms with Gasteiger partial charge in [0.25, 0.3) is 0 Å². The molecule has 0 radical (unpaired) electrons. The molecule has 0 saturated carbocycles. The average molecular weight is 250 g/mol. The third kappa shape index (κ3) is 7.22. The summed E-state index contributed by atoms with van der Waals surface area (Å²) in [6, 6.07) is 0.